The second-order valence-corrected chi connectivity index (χ2v) is 5.24. The van der Waals surface area contributed by atoms with Crippen molar-refractivity contribution < 1.29 is 18.0 Å². The van der Waals surface area contributed by atoms with Crippen LogP contribution in [0.2, 0.25) is 0 Å². The van der Waals surface area contributed by atoms with E-state index >= 15 is 0 Å². The number of hydrogen-bond acceptors (Lipinski definition) is 3. The Hall–Kier alpha value is -2.12. The third kappa shape index (κ3) is 2.84. The lowest BCUT2D eigenvalue weighted by Crippen LogP contribution is -2.20. The van der Waals surface area contributed by atoms with Gasteiger partial charge in [0, 0.05) is 17.8 Å². The van der Waals surface area contributed by atoms with E-state index in [4.69, 9.17) is 0 Å². The second kappa shape index (κ2) is 4.71. The van der Waals surface area contributed by atoms with Gasteiger partial charge in [-0.15, -0.1) is 0 Å². The van der Waals surface area contributed by atoms with Crippen LogP contribution in [-0.2, 0) is 12.7 Å². The lowest BCUT2D eigenvalue weighted by Gasteiger charge is -2.05. The third-order valence-corrected chi connectivity index (χ3v) is 3.35. The summed E-state index contributed by atoms with van der Waals surface area (Å²) in [6, 6.07) is 1.04. The van der Waals surface area contributed by atoms with E-state index in [9.17, 15) is 18.0 Å². The molecule has 0 unspecified atom stereocenters. The van der Waals surface area contributed by atoms with Crippen LogP contribution in [0.3, 0.4) is 0 Å². The van der Waals surface area contributed by atoms with Gasteiger partial charge in [0.05, 0.1) is 6.20 Å². The number of nitrogens with zero attached hydrogens (tertiary/aromatic N) is 4. The van der Waals surface area contributed by atoms with Crippen molar-refractivity contribution in [2.24, 2.45) is 0 Å². The maximum absolute atomic E-state index is 12.8. The highest BCUT2D eigenvalue weighted by molar-refractivity contribution is 5.77. The predicted octanol–water partition coefficient (Wildman–Crippen LogP) is 2.62. The summed E-state index contributed by atoms with van der Waals surface area (Å²) in [6.45, 7) is 1.53. The van der Waals surface area contributed by atoms with Crippen molar-refractivity contribution in [2.75, 3.05) is 0 Å². The summed E-state index contributed by atoms with van der Waals surface area (Å²) in [6.07, 6.45) is 0.216. The Morgan fingerprint density at radius 1 is 1.43 bits per heavy atom. The van der Waals surface area contributed by atoms with Crippen molar-refractivity contribution in [3.63, 3.8) is 0 Å². The molecule has 21 heavy (non-hydrogen) atoms. The van der Waals surface area contributed by atoms with Crippen LogP contribution in [-0.4, -0.2) is 25.5 Å². The van der Waals surface area contributed by atoms with Crippen molar-refractivity contribution in [3.8, 4) is 0 Å². The Morgan fingerprint density at radius 2 is 2.14 bits per heavy atom. The van der Waals surface area contributed by atoms with Gasteiger partial charge in [-0.3, -0.25) is 9.48 Å². The van der Waals surface area contributed by atoms with E-state index < -0.39 is 17.8 Å². The van der Waals surface area contributed by atoms with Gasteiger partial charge in [0.25, 0.3) is 5.91 Å². The summed E-state index contributed by atoms with van der Waals surface area (Å²) < 4.78 is 40.5. The molecule has 112 valence electrons. The molecule has 0 atom stereocenters. The van der Waals surface area contributed by atoms with Crippen LogP contribution < -0.4 is 0 Å². The molecular formula is C13H13F3N4O. The molecule has 2 heterocycles. The van der Waals surface area contributed by atoms with Crippen molar-refractivity contribution in [2.45, 2.75) is 38.4 Å². The van der Waals surface area contributed by atoms with Gasteiger partial charge in [0.15, 0.2) is 5.69 Å². The molecule has 0 N–H and O–H groups in total. The van der Waals surface area contributed by atoms with Crippen LogP contribution in [0, 0.1) is 6.92 Å². The minimum Gasteiger partial charge on any atom is -0.270 e. The van der Waals surface area contributed by atoms with Crippen molar-refractivity contribution in [1.82, 2.24) is 19.6 Å². The fraction of sp³-hybridized carbons (Fsp3) is 0.462. The van der Waals surface area contributed by atoms with E-state index in [1.165, 1.54) is 12.4 Å². The number of halogens is 3. The molecule has 0 bridgehead atoms. The molecule has 0 aromatic carbocycles. The van der Waals surface area contributed by atoms with Crippen LogP contribution in [0.4, 0.5) is 13.2 Å². The smallest absolute Gasteiger partial charge is 0.270 e. The first-order valence-electron chi connectivity index (χ1n) is 6.54. The van der Waals surface area contributed by atoms with Gasteiger partial charge < -0.3 is 0 Å². The lowest BCUT2D eigenvalue weighted by molar-refractivity contribution is -0.141. The summed E-state index contributed by atoms with van der Waals surface area (Å²) in [5.74, 6) is -0.345. The first kappa shape index (κ1) is 13.8. The summed E-state index contributed by atoms with van der Waals surface area (Å²) in [5, 5.41) is 7.41. The standard InChI is InChI=1S/C13H13F3N4O/c1-8-5-17-20(6-8)12(21)7-19-10(9-2-3-9)4-11(18-19)13(14,15)16/h4-6,9H,2-3,7H2,1H3. The Labute approximate surface area is 118 Å². The fourth-order valence-electron chi connectivity index (χ4n) is 2.15. The number of hydrogen-bond donors (Lipinski definition) is 0. The molecule has 0 spiro atoms. The molecule has 2 aromatic rings. The molecule has 1 saturated carbocycles. The average Bonchev–Trinajstić information content (AvgIpc) is 2.99. The maximum Gasteiger partial charge on any atom is 0.435 e. The summed E-state index contributed by atoms with van der Waals surface area (Å²) >= 11 is 0. The number of aryl methyl sites for hydroxylation is 1. The van der Waals surface area contributed by atoms with Gasteiger partial charge >= 0.3 is 6.18 Å². The van der Waals surface area contributed by atoms with E-state index in [0.717, 1.165) is 33.8 Å². The van der Waals surface area contributed by atoms with Crippen molar-refractivity contribution in [3.05, 3.63) is 35.4 Å². The van der Waals surface area contributed by atoms with Crippen LogP contribution in [0.25, 0.3) is 0 Å². The maximum atomic E-state index is 12.8. The first-order chi connectivity index (χ1) is 9.84. The molecule has 8 heteroatoms. The van der Waals surface area contributed by atoms with Crippen LogP contribution >= 0.6 is 0 Å². The lowest BCUT2D eigenvalue weighted by atomic mass is 10.2. The quantitative estimate of drug-likeness (QED) is 0.875. The van der Waals surface area contributed by atoms with Gasteiger partial charge in [0.2, 0.25) is 0 Å². The fourth-order valence-corrected chi connectivity index (χ4v) is 2.15. The number of aromatic nitrogens is 4. The predicted molar refractivity (Wildman–Crippen MR) is 66.8 cm³/mol. The largest absolute Gasteiger partial charge is 0.435 e. The zero-order valence-corrected chi connectivity index (χ0v) is 11.3. The van der Waals surface area contributed by atoms with E-state index in [1.807, 2.05) is 0 Å². The summed E-state index contributed by atoms with van der Waals surface area (Å²) in [5.41, 5.74) is 0.329. The number of carbonyl (C=O) groups excluding carboxylic acids is 1. The molecule has 1 aliphatic carbocycles. The second-order valence-electron chi connectivity index (χ2n) is 5.24. The molecule has 3 rings (SSSR count). The van der Waals surface area contributed by atoms with Crippen LogP contribution in [0.15, 0.2) is 18.5 Å². The molecular weight excluding hydrogens is 285 g/mol. The molecule has 5 nitrogen and oxygen atoms in total. The minimum absolute atomic E-state index is 0.0701. The number of rotatable bonds is 3. The van der Waals surface area contributed by atoms with E-state index in [0.29, 0.717) is 5.69 Å². The van der Waals surface area contributed by atoms with Crippen LogP contribution in [0.5, 0.6) is 0 Å². The van der Waals surface area contributed by atoms with Gasteiger partial charge in [-0.2, -0.15) is 23.4 Å². The first-order valence-corrected chi connectivity index (χ1v) is 6.54. The summed E-state index contributed by atoms with van der Waals surface area (Å²) in [4.78, 5) is 12.0. The minimum atomic E-state index is -4.50. The Bertz CT molecular complexity index is 682. The van der Waals surface area contributed by atoms with Crippen molar-refractivity contribution in [1.29, 1.82) is 0 Å². The molecule has 0 aliphatic heterocycles. The van der Waals surface area contributed by atoms with Gasteiger partial charge in [-0.05, 0) is 31.4 Å². The number of carbonyl (C=O) groups is 1. The normalized spacial score (nSPS) is 15.4. The molecule has 0 amide bonds. The van der Waals surface area contributed by atoms with E-state index in [1.54, 1.807) is 6.92 Å². The van der Waals surface area contributed by atoms with Gasteiger partial charge in [-0.1, -0.05) is 0 Å². The average molecular weight is 298 g/mol. The van der Waals surface area contributed by atoms with Gasteiger partial charge in [0.1, 0.15) is 6.54 Å². The third-order valence-electron chi connectivity index (χ3n) is 3.35. The van der Waals surface area contributed by atoms with E-state index in [-0.39, 0.29) is 12.5 Å². The molecule has 1 fully saturated rings. The highest BCUT2D eigenvalue weighted by Gasteiger charge is 2.38. The molecule has 1 aliphatic rings. The zero-order chi connectivity index (χ0) is 15.2. The van der Waals surface area contributed by atoms with E-state index in [2.05, 4.69) is 10.2 Å². The molecule has 0 radical (unpaired) electrons. The Morgan fingerprint density at radius 3 is 2.67 bits per heavy atom. The molecule has 2 aromatic heterocycles. The molecule has 0 saturated heterocycles. The zero-order valence-electron chi connectivity index (χ0n) is 11.3. The van der Waals surface area contributed by atoms with Crippen molar-refractivity contribution >= 4 is 5.91 Å². The monoisotopic (exact) mass is 298 g/mol. The van der Waals surface area contributed by atoms with Crippen LogP contribution in [0.1, 0.15) is 40.5 Å². The highest BCUT2D eigenvalue weighted by atomic mass is 19.4. The highest BCUT2D eigenvalue weighted by Crippen LogP contribution is 2.42. The SMILES string of the molecule is Cc1cnn(C(=O)Cn2nc(C(F)(F)F)cc2C2CC2)c1. The Kier molecular flexibility index (Phi) is 3.11. The number of alkyl halides is 3. The summed E-state index contributed by atoms with van der Waals surface area (Å²) in [7, 11) is 0. The van der Waals surface area contributed by atoms with Gasteiger partial charge in [-0.25, -0.2) is 4.68 Å². The Balaban J connectivity index is 1.87. The topological polar surface area (TPSA) is 52.7 Å².